The smallest absolute Gasteiger partial charge is 0.244 e. The van der Waals surface area contributed by atoms with E-state index in [1.165, 1.54) is 25.7 Å². The van der Waals surface area contributed by atoms with Gasteiger partial charge in [0.2, 0.25) is 5.91 Å². The topological polar surface area (TPSA) is 32.3 Å². The number of carbonyl (C=O) groups excluding carboxylic acids is 1. The maximum absolute atomic E-state index is 12.3. The average molecular weight is 236 g/mol. The molecule has 1 atom stereocenters. The summed E-state index contributed by atoms with van der Waals surface area (Å²) in [5.74, 6) is 2.02. The van der Waals surface area contributed by atoms with Gasteiger partial charge in [0.05, 0.1) is 11.7 Å². The second-order valence-electron chi connectivity index (χ2n) is 6.49. The highest BCUT2D eigenvalue weighted by Gasteiger charge is 2.58. The molecule has 1 heterocycles. The molecule has 3 rings (SSSR count). The molecule has 17 heavy (non-hydrogen) atoms. The van der Waals surface area contributed by atoms with Crippen LogP contribution in [0.1, 0.15) is 52.4 Å². The minimum absolute atomic E-state index is 0.124. The molecule has 0 radical (unpaired) electrons. The fraction of sp³-hybridized carbons (Fsp3) is 0.929. The molecule has 3 aliphatic rings. The number of rotatable bonds is 2. The van der Waals surface area contributed by atoms with Crippen LogP contribution >= 0.6 is 0 Å². The number of amides is 1. The number of hydrogen-bond acceptors (Lipinski definition) is 2. The molecule has 3 heteroatoms. The molecular formula is C14H24N2O. The first-order valence-electron chi connectivity index (χ1n) is 7.19. The molecule has 0 bridgehead atoms. The molecule has 3 fully saturated rings. The van der Waals surface area contributed by atoms with E-state index in [1.807, 2.05) is 0 Å². The van der Waals surface area contributed by atoms with Crippen LogP contribution in [0.3, 0.4) is 0 Å². The van der Waals surface area contributed by atoms with Crippen LogP contribution in [0.4, 0.5) is 0 Å². The molecule has 1 spiro atoms. The molecule has 1 saturated heterocycles. The summed E-state index contributed by atoms with van der Waals surface area (Å²) in [4.78, 5) is 14.4. The van der Waals surface area contributed by atoms with Crippen molar-refractivity contribution in [2.24, 2.45) is 11.8 Å². The molecule has 1 aliphatic heterocycles. The van der Waals surface area contributed by atoms with Crippen LogP contribution in [0.2, 0.25) is 0 Å². The third kappa shape index (κ3) is 1.99. The van der Waals surface area contributed by atoms with E-state index in [2.05, 4.69) is 24.1 Å². The zero-order valence-electron chi connectivity index (χ0n) is 11.0. The first-order chi connectivity index (χ1) is 8.11. The number of carbonyl (C=O) groups is 1. The van der Waals surface area contributed by atoms with Gasteiger partial charge in [-0.1, -0.05) is 19.8 Å². The Kier molecular flexibility index (Phi) is 2.69. The zero-order valence-corrected chi connectivity index (χ0v) is 11.0. The highest BCUT2D eigenvalue weighted by atomic mass is 16.2. The van der Waals surface area contributed by atoms with Crippen molar-refractivity contribution in [2.75, 3.05) is 6.54 Å². The van der Waals surface area contributed by atoms with Crippen molar-refractivity contribution in [1.29, 1.82) is 0 Å². The summed E-state index contributed by atoms with van der Waals surface area (Å²) in [5, 5.41) is 3.48. The Balaban J connectivity index is 1.60. The molecular weight excluding hydrogens is 212 g/mol. The van der Waals surface area contributed by atoms with E-state index in [1.54, 1.807) is 0 Å². The van der Waals surface area contributed by atoms with Crippen molar-refractivity contribution < 1.29 is 4.79 Å². The summed E-state index contributed by atoms with van der Waals surface area (Å²) in [7, 11) is 0. The Morgan fingerprint density at radius 2 is 1.88 bits per heavy atom. The Morgan fingerprint density at radius 1 is 1.24 bits per heavy atom. The SMILES string of the molecule is CC1CCC(CN2C(=O)C3(CC3)NC2C)CC1. The Hall–Kier alpha value is -0.570. The van der Waals surface area contributed by atoms with Crippen molar-refractivity contribution in [3.8, 4) is 0 Å². The number of nitrogens with one attached hydrogen (secondary N) is 1. The van der Waals surface area contributed by atoms with E-state index in [0.717, 1.165) is 31.2 Å². The largest absolute Gasteiger partial charge is 0.326 e. The monoisotopic (exact) mass is 236 g/mol. The van der Waals surface area contributed by atoms with E-state index in [9.17, 15) is 4.79 Å². The van der Waals surface area contributed by atoms with Crippen molar-refractivity contribution in [2.45, 2.75) is 64.1 Å². The van der Waals surface area contributed by atoms with E-state index < -0.39 is 0 Å². The van der Waals surface area contributed by atoms with Crippen LogP contribution in [0.5, 0.6) is 0 Å². The molecule has 96 valence electrons. The number of nitrogens with zero attached hydrogens (tertiary/aromatic N) is 1. The lowest BCUT2D eigenvalue weighted by atomic mass is 9.83. The summed E-state index contributed by atoms with van der Waals surface area (Å²) < 4.78 is 0. The predicted octanol–water partition coefficient (Wildman–Crippen LogP) is 2.12. The Morgan fingerprint density at radius 3 is 2.41 bits per heavy atom. The summed E-state index contributed by atoms with van der Waals surface area (Å²) in [6, 6.07) is 0. The zero-order chi connectivity index (χ0) is 12.0. The third-order valence-electron chi connectivity index (χ3n) is 4.96. The highest BCUT2D eigenvalue weighted by Crippen LogP contribution is 2.42. The van der Waals surface area contributed by atoms with Gasteiger partial charge in [-0.15, -0.1) is 0 Å². The van der Waals surface area contributed by atoms with E-state index >= 15 is 0 Å². The van der Waals surface area contributed by atoms with Gasteiger partial charge in [0.1, 0.15) is 0 Å². The standard InChI is InChI=1S/C14H24N2O/c1-10-3-5-12(6-4-10)9-16-11(2)15-14(7-8-14)13(16)17/h10-12,15H,3-9H2,1-2H3. The summed E-state index contributed by atoms with van der Waals surface area (Å²) in [6.07, 6.45) is 7.67. The van der Waals surface area contributed by atoms with E-state index in [4.69, 9.17) is 0 Å². The molecule has 1 N–H and O–H groups in total. The van der Waals surface area contributed by atoms with Gasteiger partial charge in [0.15, 0.2) is 0 Å². The summed E-state index contributed by atoms with van der Waals surface area (Å²) >= 11 is 0. The molecule has 0 aromatic rings. The fourth-order valence-corrected chi connectivity index (χ4v) is 3.50. The molecule has 0 aromatic carbocycles. The van der Waals surface area contributed by atoms with Crippen LogP contribution in [-0.2, 0) is 4.79 Å². The first kappa shape index (κ1) is 11.5. The lowest BCUT2D eigenvalue weighted by molar-refractivity contribution is -0.131. The maximum Gasteiger partial charge on any atom is 0.244 e. The van der Waals surface area contributed by atoms with Gasteiger partial charge in [-0.2, -0.15) is 0 Å². The Bertz CT molecular complexity index is 316. The lowest BCUT2D eigenvalue weighted by Crippen LogP contribution is -2.39. The van der Waals surface area contributed by atoms with Crippen LogP contribution in [0.15, 0.2) is 0 Å². The van der Waals surface area contributed by atoms with Crippen LogP contribution in [0, 0.1) is 11.8 Å². The van der Waals surface area contributed by atoms with Gasteiger partial charge < -0.3 is 4.90 Å². The van der Waals surface area contributed by atoms with Gasteiger partial charge in [-0.3, -0.25) is 10.1 Å². The maximum atomic E-state index is 12.3. The van der Waals surface area contributed by atoms with Gasteiger partial charge in [-0.25, -0.2) is 0 Å². The van der Waals surface area contributed by atoms with E-state index in [-0.39, 0.29) is 11.7 Å². The van der Waals surface area contributed by atoms with Crippen LogP contribution < -0.4 is 5.32 Å². The summed E-state index contributed by atoms with van der Waals surface area (Å²) in [5.41, 5.74) is -0.124. The number of hydrogen-bond donors (Lipinski definition) is 1. The first-order valence-corrected chi connectivity index (χ1v) is 7.19. The van der Waals surface area contributed by atoms with Crippen molar-refractivity contribution in [3.05, 3.63) is 0 Å². The third-order valence-corrected chi connectivity index (χ3v) is 4.96. The van der Waals surface area contributed by atoms with Gasteiger partial charge in [-0.05, 0) is 44.4 Å². The minimum Gasteiger partial charge on any atom is -0.326 e. The molecule has 3 nitrogen and oxygen atoms in total. The molecule has 1 amide bonds. The van der Waals surface area contributed by atoms with Crippen LogP contribution in [-0.4, -0.2) is 29.1 Å². The van der Waals surface area contributed by atoms with Crippen molar-refractivity contribution >= 4 is 5.91 Å². The average Bonchev–Trinajstić information content (AvgIpc) is 3.04. The lowest BCUT2D eigenvalue weighted by Gasteiger charge is -2.31. The molecule has 1 unspecified atom stereocenters. The molecule has 0 aromatic heterocycles. The summed E-state index contributed by atoms with van der Waals surface area (Å²) in [6.45, 7) is 5.47. The van der Waals surface area contributed by atoms with E-state index in [0.29, 0.717) is 5.91 Å². The predicted molar refractivity (Wildman–Crippen MR) is 67.4 cm³/mol. The van der Waals surface area contributed by atoms with Crippen molar-refractivity contribution in [1.82, 2.24) is 10.2 Å². The molecule has 2 saturated carbocycles. The normalized spacial score (nSPS) is 40.0. The molecule has 2 aliphatic carbocycles. The minimum atomic E-state index is -0.124. The fourth-order valence-electron chi connectivity index (χ4n) is 3.50. The van der Waals surface area contributed by atoms with Gasteiger partial charge in [0.25, 0.3) is 0 Å². The quantitative estimate of drug-likeness (QED) is 0.796. The Labute approximate surface area is 104 Å². The van der Waals surface area contributed by atoms with Crippen LogP contribution in [0.25, 0.3) is 0 Å². The van der Waals surface area contributed by atoms with Gasteiger partial charge in [0, 0.05) is 6.54 Å². The highest BCUT2D eigenvalue weighted by molar-refractivity contribution is 5.91. The second kappa shape index (κ2) is 3.98. The van der Waals surface area contributed by atoms with Gasteiger partial charge >= 0.3 is 0 Å². The second-order valence-corrected chi connectivity index (χ2v) is 6.49. The van der Waals surface area contributed by atoms with Crippen molar-refractivity contribution in [3.63, 3.8) is 0 Å².